The fraction of sp³-hybridized carbons (Fsp3) is 0.250. The van der Waals surface area contributed by atoms with E-state index in [9.17, 15) is 8.78 Å². The van der Waals surface area contributed by atoms with Gasteiger partial charge in [0.2, 0.25) is 0 Å². The van der Waals surface area contributed by atoms with E-state index >= 15 is 0 Å². The molecule has 1 aromatic heterocycles. The minimum atomic E-state index is -0.611. The van der Waals surface area contributed by atoms with Gasteiger partial charge in [0.25, 0.3) is 0 Å². The van der Waals surface area contributed by atoms with Crippen LogP contribution in [0.1, 0.15) is 19.4 Å². The summed E-state index contributed by atoms with van der Waals surface area (Å²) in [5.41, 5.74) is 4.03. The lowest BCUT2D eigenvalue weighted by Crippen LogP contribution is -2.21. The van der Waals surface area contributed by atoms with E-state index in [0.29, 0.717) is 17.8 Å². The fourth-order valence-corrected chi connectivity index (χ4v) is 2.97. The van der Waals surface area contributed by atoms with Crippen LogP contribution in [0.25, 0.3) is 11.3 Å². The molecular formula is C20H22F2N4. The number of hydrogen-bond acceptors (Lipinski definition) is 3. The molecule has 0 saturated carbocycles. The van der Waals surface area contributed by atoms with E-state index in [1.807, 2.05) is 12.1 Å². The number of anilines is 2. The average molecular weight is 356 g/mol. The van der Waals surface area contributed by atoms with E-state index in [1.165, 1.54) is 17.8 Å². The molecule has 0 spiro atoms. The summed E-state index contributed by atoms with van der Waals surface area (Å²) in [4.78, 5) is 2.27. The van der Waals surface area contributed by atoms with Crippen molar-refractivity contribution in [3.63, 3.8) is 0 Å². The first-order chi connectivity index (χ1) is 12.6. The Balaban J connectivity index is 1.72. The van der Waals surface area contributed by atoms with Crippen molar-refractivity contribution in [2.75, 3.05) is 23.3 Å². The van der Waals surface area contributed by atoms with Crippen molar-refractivity contribution < 1.29 is 8.78 Å². The minimum Gasteiger partial charge on any atom is -0.381 e. The Kier molecular flexibility index (Phi) is 5.51. The predicted molar refractivity (Wildman–Crippen MR) is 101 cm³/mol. The van der Waals surface area contributed by atoms with Crippen LogP contribution in [0.4, 0.5) is 20.2 Å². The van der Waals surface area contributed by atoms with Crippen LogP contribution in [0, 0.1) is 11.6 Å². The van der Waals surface area contributed by atoms with E-state index < -0.39 is 11.6 Å². The van der Waals surface area contributed by atoms with Gasteiger partial charge in [-0.05, 0) is 50.2 Å². The van der Waals surface area contributed by atoms with Gasteiger partial charge in [-0.2, -0.15) is 5.10 Å². The molecule has 0 bridgehead atoms. The van der Waals surface area contributed by atoms with Crippen LogP contribution >= 0.6 is 0 Å². The number of H-pyrrole nitrogens is 1. The highest BCUT2D eigenvalue weighted by Gasteiger charge is 2.10. The van der Waals surface area contributed by atoms with Crippen molar-refractivity contribution >= 4 is 11.4 Å². The maximum atomic E-state index is 13.5. The van der Waals surface area contributed by atoms with E-state index in [-0.39, 0.29) is 0 Å². The van der Waals surface area contributed by atoms with Crippen LogP contribution in [0.5, 0.6) is 0 Å². The highest BCUT2D eigenvalue weighted by Crippen LogP contribution is 2.24. The van der Waals surface area contributed by atoms with Crippen LogP contribution in [-0.2, 0) is 6.54 Å². The topological polar surface area (TPSA) is 44.0 Å². The normalized spacial score (nSPS) is 10.8. The number of nitrogens with one attached hydrogen (secondary N) is 2. The van der Waals surface area contributed by atoms with Crippen molar-refractivity contribution in [3.05, 3.63) is 65.9 Å². The second-order valence-corrected chi connectivity index (χ2v) is 6.00. The molecule has 0 aliphatic carbocycles. The first-order valence-corrected chi connectivity index (χ1v) is 8.68. The third-order valence-electron chi connectivity index (χ3n) is 4.35. The molecule has 0 saturated heterocycles. The highest BCUT2D eigenvalue weighted by molar-refractivity contribution is 5.63. The van der Waals surface area contributed by atoms with E-state index in [1.54, 1.807) is 6.20 Å². The third kappa shape index (κ3) is 4.02. The molecule has 26 heavy (non-hydrogen) atoms. The zero-order valence-corrected chi connectivity index (χ0v) is 14.9. The van der Waals surface area contributed by atoms with Gasteiger partial charge in [-0.3, -0.25) is 5.10 Å². The summed E-state index contributed by atoms with van der Waals surface area (Å²) in [6.07, 6.45) is 1.66. The van der Waals surface area contributed by atoms with Crippen molar-refractivity contribution in [1.29, 1.82) is 0 Å². The second-order valence-electron chi connectivity index (χ2n) is 6.00. The van der Waals surface area contributed by atoms with Gasteiger partial charge < -0.3 is 10.2 Å². The quantitative estimate of drug-likeness (QED) is 0.638. The second kappa shape index (κ2) is 7.99. The Bertz CT molecular complexity index is 834. The maximum absolute atomic E-state index is 13.5. The van der Waals surface area contributed by atoms with Gasteiger partial charge >= 0.3 is 0 Å². The average Bonchev–Trinajstić information content (AvgIpc) is 3.10. The number of aromatic amines is 1. The van der Waals surface area contributed by atoms with Crippen LogP contribution in [-0.4, -0.2) is 23.3 Å². The van der Waals surface area contributed by atoms with E-state index in [2.05, 4.69) is 46.4 Å². The summed E-state index contributed by atoms with van der Waals surface area (Å²) >= 11 is 0. The van der Waals surface area contributed by atoms with E-state index in [0.717, 1.165) is 30.4 Å². The molecule has 3 rings (SSSR count). The van der Waals surface area contributed by atoms with Crippen LogP contribution < -0.4 is 10.2 Å². The van der Waals surface area contributed by atoms with Gasteiger partial charge in [-0.15, -0.1) is 0 Å². The third-order valence-corrected chi connectivity index (χ3v) is 4.35. The monoisotopic (exact) mass is 356 g/mol. The summed E-state index contributed by atoms with van der Waals surface area (Å²) in [6.45, 7) is 6.68. The molecule has 2 aromatic carbocycles. The summed E-state index contributed by atoms with van der Waals surface area (Å²) in [7, 11) is 0. The number of nitrogens with zero attached hydrogens (tertiary/aromatic N) is 2. The lowest BCUT2D eigenvalue weighted by molar-refractivity contribution is 0.584. The van der Waals surface area contributed by atoms with Gasteiger partial charge in [0, 0.05) is 48.2 Å². The van der Waals surface area contributed by atoms with Gasteiger partial charge in [0.15, 0.2) is 0 Å². The number of halogens is 2. The lowest BCUT2D eigenvalue weighted by Gasteiger charge is -2.21. The van der Waals surface area contributed by atoms with Crippen molar-refractivity contribution in [2.24, 2.45) is 0 Å². The lowest BCUT2D eigenvalue weighted by atomic mass is 10.1. The molecule has 0 amide bonds. The van der Waals surface area contributed by atoms with Gasteiger partial charge in [0.05, 0.1) is 11.9 Å². The van der Waals surface area contributed by atoms with Gasteiger partial charge in [-0.25, -0.2) is 8.78 Å². The standard InChI is InChI=1S/C20H22F2N4/c1-3-26(4-2)19-7-5-18(6-8-19)23-12-15-13-24-25-20(15)14-9-16(21)11-17(22)10-14/h5-11,13,23H,3-4,12H2,1-2H3,(H,24,25). The van der Waals surface area contributed by atoms with Crippen molar-refractivity contribution in [1.82, 2.24) is 10.2 Å². The smallest absolute Gasteiger partial charge is 0.126 e. The molecule has 136 valence electrons. The van der Waals surface area contributed by atoms with Crippen LogP contribution in [0.3, 0.4) is 0 Å². The molecular weight excluding hydrogens is 334 g/mol. The van der Waals surface area contributed by atoms with Crippen molar-refractivity contribution in [2.45, 2.75) is 20.4 Å². The molecule has 0 unspecified atom stereocenters. The zero-order chi connectivity index (χ0) is 18.5. The number of hydrogen-bond donors (Lipinski definition) is 2. The van der Waals surface area contributed by atoms with E-state index in [4.69, 9.17) is 0 Å². The highest BCUT2D eigenvalue weighted by atomic mass is 19.1. The zero-order valence-electron chi connectivity index (χ0n) is 14.9. The molecule has 4 nitrogen and oxygen atoms in total. The molecule has 0 fully saturated rings. The minimum absolute atomic E-state index is 0.439. The SMILES string of the molecule is CCN(CC)c1ccc(NCc2cn[nH]c2-c2cc(F)cc(F)c2)cc1. The summed E-state index contributed by atoms with van der Waals surface area (Å²) in [5, 5.41) is 10.2. The summed E-state index contributed by atoms with van der Waals surface area (Å²) < 4.78 is 26.9. The molecule has 6 heteroatoms. The van der Waals surface area contributed by atoms with Crippen LogP contribution in [0.15, 0.2) is 48.7 Å². The first-order valence-electron chi connectivity index (χ1n) is 8.68. The maximum Gasteiger partial charge on any atom is 0.126 e. The number of aromatic nitrogens is 2. The Labute approximate surface area is 151 Å². The molecule has 0 radical (unpaired) electrons. The number of benzene rings is 2. The summed E-state index contributed by atoms with van der Waals surface area (Å²) in [6, 6.07) is 11.6. The first kappa shape index (κ1) is 17.9. The molecule has 3 aromatic rings. The van der Waals surface area contributed by atoms with Crippen LogP contribution in [0.2, 0.25) is 0 Å². The molecule has 0 aliphatic rings. The van der Waals surface area contributed by atoms with Gasteiger partial charge in [0.1, 0.15) is 11.6 Å². The molecule has 0 atom stereocenters. The summed E-state index contributed by atoms with van der Waals surface area (Å²) in [5.74, 6) is -1.22. The van der Waals surface area contributed by atoms with Crippen molar-refractivity contribution in [3.8, 4) is 11.3 Å². The van der Waals surface area contributed by atoms with Gasteiger partial charge in [-0.1, -0.05) is 0 Å². The Hall–Kier alpha value is -2.89. The fourth-order valence-electron chi connectivity index (χ4n) is 2.97. The molecule has 1 heterocycles. The Morgan fingerprint density at radius 2 is 1.65 bits per heavy atom. The largest absolute Gasteiger partial charge is 0.381 e. The Morgan fingerprint density at radius 1 is 1.00 bits per heavy atom. The molecule has 2 N–H and O–H groups in total. The molecule has 0 aliphatic heterocycles. The number of rotatable bonds is 7. The Morgan fingerprint density at radius 3 is 2.27 bits per heavy atom. The predicted octanol–water partition coefficient (Wildman–Crippen LogP) is 4.81.